The number of aromatic amines is 1. The second kappa shape index (κ2) is 11.5. The molecule has 2 heterocycles. The number of amides is 1. The maximum Gasteiger partial charge on any atom is 0.287 e. The highest BCUT2D eigenvalue weighted by molar-refractivity contribution is 7.90. The van der Waals surface area contributed by atoms with Gasteiger partial charge >= 0.3 is 0 Å². The van der Waals surface area contributed by atoms with E-state index in [4.69, 9.17) is 9.47 Å². The van der Waals surface area contributed by atoms with Crippen molar-refractivity contribution >= 4 is 37.3 Å². The summed E-state index contributed by atoms with van der Waals surface area (Å²) >= 11 is 1.31. The highest BCUT2D eigenvalue weighted by atomic mass is 32.2. The highest BCUT2D eigenvalue weighted by Crippen LogP contribution is 2.30. The third-order valence-corrected chi connectivity index (χ3v) is 8.44. The summed E-state index contributed by atoms with van der Waals surface area (Å²) in [5.74, 6) is 1.09. The van der Waals surface area contributed by atoms with Gasteiger partial charge < -0.3 is 19.8 Å². The van der Waals surface area contributed by atoms with E-state index in [-0.39, 0.29) is 36.2 Å². The van der Waals surface area contributed by atoms with Gasteiger partial charge in [-0.05, 0) is 60.6 Å². The second-order valence-electron chi connectivity index (χ2n) is 9.38. The Morgan fingerprint density at radius 3 is 2.69 bits per heavy atom. The van der Waals surface area contributed by atoms with E-state index in [9.17, 15) is 18.0 Å². The predicted molar refractivity (Wildman–Crippen MR) is 139 cm³/mol. The zero-order chi connectivity index (χ0) is 25.7. The van der Waals surface area contributed by atoms with Crippen molar-refractivity contribution in [2.24, 2.45) is 11.8 Å². The molecule has 36 heavy (non-hydrogen) atoms. The van der Waals surface area contributed by atoms with Gasteiger partial charge in [0.15, 0.2) is 0 Å². The molecule has 0 aliphatic heterocycles. The Hall–Kier alpha value is -2.76. The molecule has 1 saturated carbocycles. The number of carbonyl (C=O) groups is 1. The first-order chi connectivity index (χ1) is 17.2. The molecule has 0 atom stereocenters. The van der Waals surface area contributed by atoms with Gasteiger partial charge in [0.1, 0.15) is 20.4 Å². The fourth-order valence-corrected chi connectivity index (χ4v) is 6.71. The molecule has 2 N–H and O–H groups in total. The number of nitrogens with zero attached hydrogens (tertiary/aromatic N) is 1. The molecule has 0 unspecified atom stereocenters. The fourth-order valence-electron chi connectivity index (χ4n) is 4.60. The second-order valence-corrected chi connectivity index (χ2v) is 12.4. The van der Waals surface area contributed by atoms with Gasteiger partial charge in [0, 0.05) is 25.0 Å². The van der Waals surface area contributed by atoms with Crippen LogP contribution in [0.3, 0.4) is 0 Å². The molecule has 0 radical (unpaired) electrons. The first-order valence-electron chi connectivity index (χ1n) is 11.9. The third-order valence-electron chi connectivity index (χ3n) is 6.44. The average Bonchev–Trinajstić information content (AvgIpc) is 3.26. The van der Waals surface area contributed by atoms with Gasteiger partial charge in [0.2, 0.25) is 5.82 Å². The molecule has 1 aliphatic rings. The Bertz CT molecular complexity index is 1370. The van der Waals surface area contributed by atoms with Crippen LogP contribution in [0, 0.1) is 11.8 Å². The maximum absolute atomic E-state index is 12.8. The van der Waals surface area contributed by atoms with Crippen LogP contribution in [-0.2, 0) is 27.7 Å². The number of rotatable bonds is 10. The van der Waals surface area contributed by atoms with Gasteiger partial charge in [-0.3, -0.25) is 9.59 Å². The zero-order valence-electron chi connectivity index (χ0n) is 20.4. The molecule has 2 aromatic heterocycles. The van der Waals surface area contributed by atoms with Crippen LogP contribution in [0.5, 0.6) is 5.75 Å². The topological polar surface area (TPSA) is 127 Å². The number of methoxy groups -OCH3 is 1. The molecule has 1 amide bonds. The molecule has 9 nitrogen and oxygen atoms in total. The van der Waals surface area contributed by atoms with Gasteiger partial charge in [0.25, 0.3) is 11.5 Å². The lowest BCUT2D eigenvalue weighted by molar-refractivity contribution is 0.0693. The van der Waals surface area contributed by atoms with Crippen molar-refractivity contribution in [3.63, 3.8) is 0 Å². The summed E-state index contributed by atoms with van der Waals surface area (Å²) in [7, 11) is -1.36. The number of nitrogens with one attached hydrogen (secondary N) is 2. The molecule has 194 valence electrons. The minimum Gasteiger partial charge on any atom is -0.497 e. The standard InChI is InChI=1S/C25H31N3O6S2/c1-33-20-5-3-4-18(10-20)11-26-24(30)22-27-23(29)21-19(14-35-25(21)28-22)13-34-12-16-6-8-17(9-7-16)15-36(2,31)32/h3-5,10,14,16-17H,6-9,11-13,15H2,1-2H3,(H,26,30)(H,27,28,29). The Labute approximate surface area is 214 Å². The summed E-state index contributed by atoms with van der Waals surface area (Å²) in [4.78, 5) is 32.8. The van der Waals surface area contributed by atoms with Crippen LogP contribution < -0.4 is 15.6 Å². The van der Waals surface area contributed by atoms with Crippen LogP contribution in [0.2, 0.25) is 0 Å². The smallest absolute Gasteiger partial charge is 0.287 e. The maximum atomic E-state index is 12.8. The number of ether oxygens (including phenoxy) is 2. The van der Waals surface area contributed by atoms with E-state index in [0.29, 0.717) is 28.5 Å². The van der Waals surface area contributed by atoms with Crippen molar-refractivity contribution in [3.8, 4) is 5.75 Å². The number of carbonyl (C=O) groups excluding carboxylic acids is 1. The molecule has 4 rings (SSSR count). The molecule has 1 fully saturated rings. The van der Waals surface area contributed by atoms with E-state index >= 15 is 0 Å². The van der Waals surface area contributed by atoms with E-state index in [1.807, 2.05) is 29.6 Å². The van der Waals surface area contributed by atoms with Gasteiger partial charge in [-0.2, -0.15) is 0 Å². The van der Waals surface area contributed by atoms with Crippen molar-refractivity contribution < 1.29 is 22.7 Å². The fraction of sp³-hybridized carbons (Fsp3) is 0.480. The summed E-state index contributed by atoms with van der Waals surface area (Å²) in [5, 5.41) is 5.06. The first-order valence-corrected chi connectivity index (χ1v) is 14.8. The third kappa shape index (κ3) is 6.92. The van der Waals surface area contributed by atoms with E-state index in [1.165, 1.54) is 17.6 Å². The monoisotopic (exact) mass is 533 g/mol. The van der Waals surface area contributed by atoms with Crippen LogP contribution >= 0.6 is 11.3 Å². The Balaban J connectivity index is 1.31. The molecule has 1 aliphatic carbocycles. The van der Waals surface area contributed by atoms with Crippen molar-refractivity contribution in [1.82, 2.24) is 15.3 Å². The average molecular weight is 534 g/mol. The minimum atomic E-state index is -2.94. The molecule has 11 heteroatoms. The van der Waals surface area contributed by atoms with Crippen LogP contribution in [0.4, 0.5) is 0 Å². The number of benzene rings is 1. The van der Waals surface area contributed by atoms with Gasteiger partial charge in [-0.25, -0.2) is 13.4 Å². The van der Waals surface area contributed by atoms with Crippen LogP contribution in [-0.4, -0.2) is 50.0 Å². The Morgan fingerprint density at radius 1 is 1.22 bits per heavy atom. The number of fused-ring (bicyclic) bond motifs is 1. The largest absolute Gasteiger partial charge is 0.497 e. The number of hydrogen-bond donors (Lipinski definition) is 2. The van der Waals surface area contributed by atoms with Crippen LogP contribution in [0.15, 0.2) is 34.4 Å². The van der Waals surface area contributed by atoms with E-state index in [2.05, 4.69) is 15.3 Å². The van der Waals surface area contributed by atoms with E-state index in [0.717, 1.165) is 36.8 Å². The zero-order valence-corrected chi connectivity index (χ0v) is 22.0. The lowest BCUT2D eigenvalue weighted by Crippen LogP contribution is -2.27. The number of thiophene rings is 1. The number of sulfone groups is 1. The molecule has 0 spiro atoms. The summed E-state index contributed by atoms with van der Waals surface area (Å²) in [6.07, 6.45) is 4.98. The summed E-state index contributed by atoms with van der Waals surface area (Å²) in [5.41, 5.74) is 1.25. The lowest BCUT2D eigenvalue weighted by atomic mass is 9.83. The van der Waals surface area contributed by atoms with Crippen LogP contribution in [0.25, 0.3) is 10.2 Å². The molecular formula is C25H31N3O6S2. The van der Waals surface area contributed by atoms with Crippen LogP contribution in [0.1, 0.15) is 47.4 Å². The number of hydrogen-bond acceptors (Lipinski definition) is 8. The van der Waals surface area contributed by atoms with Crippen molar-refractivity contribution in [3.05, 3.63) is 57.0 Å². The molecular weight excluding hydrogens is 502 g/mol. The highest BCUT2D eigenvalue weighted by Gasteiger charge is 2.24. The predicted octanol–water partition coefficient (Wildman–Crippen LogP) is 3.29. The van der Waals surface area contributed by atoms with Crippen molar-refractivity contribution in [2.45, 2.75) is 38.8 Å². The van der Waals surface area contributed by atoms with Crippen molar-refractivity contribution in [2.75, 3.05) is 25.7 Å². The van der Waals surface area contributed by atoms with Gasteiger partial charge in [-0.15, -0.1) is 11.3 Å². The van der Waals surface area contributed by atoms with Gasteiger partial charge in [-0.1, -0.05) is 12.1 Å². The first kappa shape index (κ1) is 26.3. The number of H-pyrrole nitrogens is 1. The SMILES string of the molecule is COc1cccc(CNC(=O)c2nc3scc(COCC4CCC(CS(C)(=O)=O)CC4)c3c(=O)[nH]2)c1. The summed E-state index contributed by atoms with van der Waals surface area (Å²) < 4.78 is 34.1. The molecule has 0 saturated heterocycles. The minimum absolute atomic E-state index is 0.0319. The Morgan fingerprint density at radius 2 is 1.97 bits per heavy atom. The summed E-state index contributed by atoms with van der Waals surface area (Å²) in [6.45, 7) is 1.13. The molecule has 0 bridgehead atoms. The normalized spacial score (nSPS) is 18.3. The molecule has 1 aromatic carbocycles. The van der Waals surface area contributed by atoms with E-state index < -0.39 is 15.7 Å². The van der Waals surface area contributed by atoms with Gasteiger partial charge in [0.05, 0.1) is 24.9 Å². The number of aromatic nitrogens is 2. The quantitative estimate of drug-likeness (QED) is 0.409. The summed E-state index contributed by atoms with van der Waals surface area (Å²) in [6, 6.07) is 7.36. The lowest BCUT2D eigenvalue weighted by Gasteiger charge is -2.27. The Kier molecular flexibility index (Phi) is 8.43. The van der Waals surface area contributed by atoms with E-state index in [1.54, 1.807) is 7.11 Å². The molecule has 3 aromatic rings. The van der Waals surface area contributed by atoms with Crippen molar-refractivity contribution in [1.29, 1.82) is 0 Å².